The van der Waals surface area contributed by atoms with Gasteiger partial charge in [0.1, 0.15) is 24.4 Å². The van der Waals surface area contributed by atoms with Gasteiger partial charge in [0.2, 0.25) is 15.9 Å². The maximum absolute atomic E-state index is 13.2. The number of aliphatic carboxylic acids is 1. The lowest BCUT2D eigenvalue weighted by Crippen LogP contribution is -2.51. The highest BCUT2D eigenvalue weighted by molar-refractivity contribution is 7.89. The number of carbonyl (C=O) groups excluding carboxylic acids is 1. The predicted octanol–water partition coefficient (Wildman–Crippen LogP) is 3.39. The van der Waals surface area contributed by atoms with Crippen molar-refractivity contribution in [3.63, 3.8) is 0 Å². The zero-order chi connectivity index (χ0) is 27.8. The molecule has 0 aromatic heterocycles. The third-order valence-corrected chi connectivity index (χ3v) is 8.35. The third kappa shape index (κ3) is 7.25. The molecule has 1 fully saturated rings. The van der Waals surface area contributed by atoms with Crippen molar-refractivity contribution in [3.05, 3.63) is 95.6 Å². The van der Waals surface area contributed by atoms with Gasteiger partial charge in [0, 0.05) is 18.5 Å². The van der Waals surface area contributed by atoms with E-state index in [0.717, 1.165) is 16.9 Å². The standard InChI is InChI=1S/C30H30N2O6S/c1-22-11-17-26(18-12-22)39(36,37)32-19-5-10-28(32)29(33)31-27(30(34)35)21-24-15-13-23(14-16-24)7-6-20-38-25-8-3-2-4-9-25/h2-4,8-9,11-18,27-28H,5,10,19-21H2,1H3,(H,31,33)(H,34,35)/t27?,28-/m0/s1. The van der Waals surface area contributed by atoms with E-state index in [9.17, 15) is 23.1 Å². The second kappa shape index (κ2) is 12.6. The van der Waals surface area contributed by atoms with Crippen molar-refractivity contribution in [2.45, 2.75) is 43.2 Å². The summed E-state index contributed by atoms with van der Waals surface area (Å²) in [5.74, 6) is 4.86. The second-order valence-electron chi connectivity index (χ2n) is 9.29. The van der Waals surface area contributed by atoms with Gasteiger partial charge in [0.05, 0.1) is 4.90 Å². The number of nitrogens with zero attached hydrogens (tertiary/aromatic N) is 1. The number of carbonyl (C=O) groups is 2. The molecule has 1 aliphatic heterocycles. The number of benzene rings is 3. The number of ether oxygens (including phenoxy) is 1. The largest absolute Gasteiger partial charge is 0.481 e. The van der Waals surface area contributed by atoms with Crippen molar-refractivity contribution < 1.29 is 27.9 Å². The smallest absolute Gasteiger partial charge is 0.326 e. The highest BCUT2D eigenvalue weighted by atomic mass is 32.2. The fourth-order valence-electron chi connectivity index (χ4n) is 4.34. The summed E-state index contributed by atoms with van der Waals surface area (Å²) in [6, 6.07) is 20.7. The molecule has 39 heavy (non-hydrogen) atoms. The maximum Gasteiger partial charge on any atom is 0.326 e. The Morgan fingerprint density at radius 2 is 1.74 bits per heavy atom. The molecule has 8 nitrogen and oxygen atoms in total. The number of sulfonamides is 1. The first-order chi connectivity index (χ1) is 18.7. The number of nitrogens with one attached hydrogen (secondary N) is 1. The van der Waals surface area contributed by atoms with Crippen molar-refractivity contribution >= 4 is 21.9 Å². The van der Waals surface area contributed by atoms with E-state index in [1.807, 2.05) is 37.3 Å². The summed E-state index contributed by atoms with van der Waals surface area (Å²) < 4.78 is 33.1. The summed E-state index contributed by atoms with van der Waals surface area (Å²) >= 11 is 0. The van der Waals surface area contributed by atoms with E-state index >= 15 is 0 Å². The van der Waals surface area contributed by atoms with Gasteiger partial charge < -0.3 is 15.2 Å². The molecule has 3 aromatic rings. The Balaban J connectivity index is 1.37. The molecule has 0 aliphatic carbocycles. The topological polar surface area (TPSA) is 113 Å². The van der Waals surface area contributed by atoms with Crippen LogP contribution in [0.2, 0.25) is 0 Å². The van der Waals surface area contributed by atoms with Crippen LogP contribution in [0, 0.1) is 18.8 Å². The summed E-state index contributed by atoms with van der Waals surface area (Å²) in [5, 5.41) is 12.3. The van der Waals surface area contributed by atoms with Crippen LogP contribution in [0.5, 0.6) is 5.75 Å². The molecule has 0 spiro atoms. The molecule has 202 valence electrons. The summed E-state index contributed by atoms with van der Waals surface area (Å²) in [6.45, 7) is 2.29. The number of carboxylic acids is 1. The monoisotopic (exact) mass is 546 g/mol. The van der Waals surface area contributed by atoms with Gasteiger partial charge in [-0.15, -0.1) is 0 Å². The minimum atomic E-state index is -3.89. The van der Waals surface area contributed by atoms with Crippen LogP contribution in [-0.2, 0) is 26.0 Å². The average Bonchev–Trinajstić information content (AvgIpc) is 3.44. The molecule has 2 N–H and O–H groups in total. The lowest BCUT2D eigenvalue weighted by Gasteiger charge is -2.25. The molecule has 1 unspecified atom stereocenters. The van der Waals surface area contributed by atoms with Crippen molar-refractivity contribution in [2.75, 3.05) is 13.2 Å². The van der Waals surface area contributed by atoms with Gasteiger partial charge in [-0.05, 0) is 61.7 Å². The molecule has 2 atom stereocenters. The Kier molecular flexibility index (Phi) is 9.02. The Bertz CT molecular complexity index is 1460. The van der Waals surface area contributed by atoms with Crippen molar-refractivity contribution in [1.82, 2.24) is 9.62 Å². The molecule has 0 saturated carbocycles. The van der Waals surface area contributed by atoms with Crippen LogP contribution < -0.4 is 10.1 Å². The summed E-state index contributed by atoms with van der Waals surface area (Å²) in [6.07, 6.45) is 0.883. The number of aryl methyl sites for hydroxylation is 1. The van der Waals surface area contributed by atoms with Gasteiger partial charge in [-0.3, -0.25) is 4.79 Å². The number of hydrogen-bond donors (Lipinski definition) is 2. The lowest BCUT2D eigenvalue weighted by molar-refractivity contribution is -0.142. The summed E-state index contributed by atoms with van der Waals surface area (Å²) in [7, 11) is -3.89. The molecular weight excluding hydrogens is 516 g/mol. The highest BCUT2D eigenvalue weighted by Crippen LogP contribution is 2.26. The first-order valence-electron chi connectivity index (χ1n) is 12.6. The molecule has 1 amide bonds. The first-order valence-corrected chi connectivity index (χ1v) is 14.1. The van der Waals surface area contributed by atoms with Crippen LogP contribution in [0.25, 0.3) is 0 Å². The minimum absolute atomic E-state index is 0.0450. The molecule has 1 heterocycles. The molecule has 3 aromatic carbocycles. The van der Waals surface area contributed by atoms with Gasteiger partial charge in [0.25, 0.3) is 0 Å². The molecule has 9 heteroatoms. The number of carboxylic acid groups (broad SMARTS) is 1. The van der Waals surface area contributed by atoms with E-state index in [-0.39, 0.29) is 24.5 Å². The first kappa shape index (κ1) is 27.9. The summed E-state index contributed by atoms with van der Waals surface area (Å²) in [4.78, 5) is 25.2. The van der Waals surface area contributed by atoms with E-state index in [4.69, 9.17) is 4.74 Å². The Hall–Kier alpha value is -4.13. The van der Waals surface area contributed by atoms with Gasteiger partial charge in [-0.2, -0.15) is 4.31 Å². The predicted molar refractivity (Wildman–Crippen MR) is 147 cm³/mol. The van der Waals surface area contributed by atoms with Crippen molar-refractivity contribution in [3.8, 4) is 17.6 Å². The van der Waals surface area contributed by atoms with Gasteiger partial charge in [0.15, 0.2) is 0 Å². The van der Waals surface area contributed by atoms with Crippen molar-refractivity contribution in [2.24, 2.45) is 0 Å². The highest BCUT2D eigenvalue weighted by Gasteiger charge is 2.40. The zero-order valence-corrected chi connectivity index (χ0v) is 22.4. The quantitative estimate of drug-likeness (QED) is 0.398. The fourth-order valence-corrected chi connectivity index (χ4v) is 5.99. The van der Waals surface area contributed by atoms with E-state index in [1.165, 1.54) is 16.4 Å². The molecule has 0 bridgehead atoms. The van der Waals surface area contributed by atoms with Crippen LogP contribution in [0.3, 0.4) is 0 Å². The molecule has 1 aliphatic rings. The number of rotatable bonds is 9. The zero-order valence-electron chi connectivity index (χ0n) is 21.5. The molecular formula is C30H30N2O6S. The third-order valence-electron chi connectivity index (χ3n) is 6.43. The van der Waals surface area contributed by atoms with E-state index in [2.05, 4.69) is 17.2 Å². The van der Waals surface area contributed by atoms with Gasteiger partial charge in [-0.1, -0.05) is 59.9 Å². The van der Waals surface area contributed by atoms with Crippen molar-refractivity contribution in [1.29, 1.82) is 0 Å². The van der Waals surface area contributed by atoms with Gasteiger partial charge in [-0.25, -0.2) is 13.2 Å². The van der Waals surface area contributed by atoms with E-state index in [0.29, 0.717) is 18.4 Å². The van der Waals surface area contributed by atoms with Crippen LogP contribution in [0.4, 0.5) is 0 Å². The Labute approximate surface area is 228 Å². The SMILES string of the molecule is Cc1ccc(S(=O)(=O)N2CCC[C@H]2C(=O)NC(Cc2ccc(C#CCOc3ccccc3)cc2)C(=O)O)cc1. The van der Waals surface area contributed by atoms with Gasteiger partial charge >= 0.3 is 5.97 Å². The Morgan fingerprint density at radius 1 is 1.05 bits per heavy atom. The molecule has 4 rings (SSSR count). The Morgan fingerprint density at radius 3 is 2.41 bits per heavy atom. The normalized spacial score (nSPS) is 16.1. The number of para-hydroxylation sites is 1. The van der Waals surface area contributed by atoms with Crippen LogP contribution in [0.1, 0.15) is 29.5 Å². The average molecular weight is 547 g/mol. The number of amides is 1. The lowest BCUT2D eigenvalue weighted by atomic mass is 10.0. The fraction of sp³-hybridized carbons (Fsp3) is 0.267. The summed E-state index contributed by atoms with van der Waals surface area (Å²) in [5.41, 5.74) is 2.37. The second-order valence-corrected chi connectivity index (χ2v) is 11.2. The van der Waals surface area contributed by atoms with E-state index in [1.54, 1.807) is 36.4 Å². The van der Waals surface area contributed by atoms with Crippen LogP contribution in [0.15, 0.2) is 83.8 Å². The van der Waals surface area contributed by atoms with Crippen LogP contribution in [-0.4, -0.2) is 54.9 Å². The van der Waals surface area contributed by atoms with Crippen LogP contribution >= 0.6 is 0 Å². The number of hydrogen-bond acceptors (Lipinski definition) is 5. The minimum Gasteiger partial charge on any atom is -0.481 e. The molecule has 1 saturated heterocycles. The molecule has 0 radical (unpaired) electrons. The maximum atomic E-state index is 13.2. The van der Waals surface area contributed by atoms with E-state index < -0.39 is 34.0 Å².